The quantitative estimate of drug-likeness (QED) is 0.752. The molecule has 1 aromatic carbocycles. The lowest BCUT2D eigenvalue weighted by atomic mass is 10.2. The van der Waals surface area contributed by atoms with Gasteiger partial charge in [0.05, 0.1) is 5.69 Å². The molecule has 0 unspecified atom stereocenters. The molecule has 0 aliphatic heterocycles. The van der Waals surface area contributed by atoms with Gasteiger partial charge in [-0.15, -0.1) is 0 Å². The van der Waals surface area contributed by atoms with Gasteiger partial charge in [-0.2, -0.15) is 0 Å². The highest BCUT2D eigenvalue weighted by Gasteiger charge is 2.22. The first-order valence-corrected chi connectivity index (χ1v) is 8.44. The van der Waals surface area contributed by atoms with Crippen molar-refractivity contribution in [1.29, 1.82) is 0 Å². The van der Waals surface area contributed by atoms with Gasteiger partial charge in [0.15, 0.2) is 0 Å². The van der Waals surface area contributed by atoms with Gasteiger partial charge in [-0.25, -0.2) is 17.5 Å². The average molecular weight is 317 g/mol. The minimum absolute atomic E-state index is 0.0907. The molecule has 0 fully saturated rings. The van der Waals surface area contributed by atoms with Crippen LogP contribution >= 0.6 is 0 Å². The molecule has 0 radical (unpaired) electrons. The SMILES string of the molecule is CC(C)N(CCNS(=O)(=O)c1c(N)cccc1F)C(C)C. The Kier molecular flexibility index (Phi) is 6.12. The molecule has 0 amide bonds. The lowest BCUT2D eigenvalue weighted by molar-refractivity contribution is 0.179. The van der Waals surface area contributed by atoms with E-state index in [2.05, 4.69) is 9.62 Å². The van der Waals surface area contributed by atoms with E-state index in [1.165, 1.54) is 12.1 Å². The Bertz CT molecular complexity index is 545. The molecule has 0 aliphatic rings. The highest BCUT2D eigenvalue weighted by molar-refractivity contribution is 7.89. The molecule has 21 heavy (non-hydrogen) atoms. The monoisotopic (exact) mass is 317 g/mol. The lowest BCUT2D eigenvalue weighted by Gasteiger charge is -2.30. The van der Waals surface area contributed by atoms with E-state index in [0.29, 0.717) is 18.6 Å². The fourth-order valence-electron chi connectivity index (χ4n) is 2.30. The van der Waals surface area contributed by atoms with Gasteiger partial charge < -0.3 is 5.73 Å². The van der Waals surface area contributed by atoms with Gasteiger partial charge in [-0.05, 0) is 39.8 Å². The van der Waals surface area contributed by atoms with E-state index in [4.69, 9.17) is 5.73 Å². The molecular weight excluding hydrogens is 293 g/mol. The van der Waals surface area contributed by atoms with Gasteiger partial charge in [0, 0.05) is 25.2 Å². The summed E-state index contributed by atoms with van der Waals surface area (Å²) in [5, 5.41) is 0. The molecule has 7 heteroatoms. The Hall–Kier alpha value is -1.18. The second kappa shape index (κ2) is 7.20. The van der Waals surface area contributed by atoms with Gasteiger partial charge in [-0.3, -0.25) is 4.90 Å². The van der Waals surface area contributed by atoms with Crippen LogP contribution in [0, 0.1) is 5.82 Å². The molecule has 5 nitrogen and oxygen atoms in total. The molecule has 0 aliphatic carbocycles. The van der Waals surface area contributed by atoms with Crippen LogP contribution in [0.2, 0.25) is 0 Å². The van der Waals surface area contributed by atoms with Crippen molar-refractivity contribution in [3.8, 4) is 0 Å². The van der Waals surface area contributed by atoms with Crippen LogP contribution in [0.3, 0.4) is 0 Å². The summed E-state index contributed by atoms with van der Waals surface area (Å²) in [7, 11) is -3.95. The Labute approximate surface area is 126 Å². The Morgan fingerprint density at radius 3 is 2.29 bits per heavy atom. The molecule has 0 aromatic heterocycles. The summed E-state index contributed by atoms with van der Waals surface area (Å²) < 4.78 is 40.4. The van der Waals surface area contributed by atoms with Gasteiger partial charge in [0.2, 0.25) is 10.0 Å². The fourth-order valence-corrected chi connectivity index (χ4v) is 3.51. The minimum Gasteiger partial charge on any atom is -0.398 e. The van der Waals surface area contributed by atoms with E-state index in [1.54, 1.807) is 0 Å². The summed E-state index contributed by atoms with van der Waals surface area (Å²) in [5.74, 6) is -0.841. The van der Waals surface area contributed by atoms with E-state index >= 15 is 0 Å². The second-order valence-electron chi connectivity index (χ2n) is 5.48. The van der Waals surface area contributed by atoms with E-state index < -0.39 is 20.7 Å². The molecule has 0 saturated carbocycles. The number of rotatable bonds is 7. The van der Waals surface area contributed by atoms with Crippen LogP contribution < -0.4 is 10.5 Å². The Balaban J connectivity index is 2.79. The summed E-state index contributed by atoms with van der Waals surface area (Å²) in [5.41, 5.74) is 5.48. The molecule has 0 saturated heterocycles. The Morgan fingerprint density at radius 2 is 1.81 bits per heavy atom. The van der Waals surface area contributed by atoms with Crippen molar-refractivity contribution in [3.05, 3.63) is 24.0 Å². The molecule has 1 rings (SSSR count). The van der Waals surface area contributed by atoms with Crippen molar-refractivity contribution in [2.45, 2.75) is 44.7 Å². The van der Waals surface area contributed by atoms with Crippen molar-refractivity contribution in [2.24, 2.45) is 0 Å². The van der Waals surface area contributed by atoms with Crippen LogP contribution in [0.1, 0.15) is 27.7 Å². The number of sulfonamides is 1. The summed E-state index contributed by atoms with van der Waals surface area (Å²) >= 11 is 0. The first kappa shape index (κ1) is 17.9. The molecule has 0 heterocycles. The van der Waals surface area contributed by atoms with E-state index in [1.807, 2.05) is 27.7 Å². The van der Waals surface area contributed by atoms with E-state index in [9.17, 15) is 12.8 Å². The van der Waals surface area contributed by atoms with Crippen LogP contribution in [0.25, 0.3) is 0 Å². The maximum absolute atomic E-state index is 13.7. The highest BCUT2D eigenvalue weighted by Crippen LogP contribution is 2.21. The average Bonchev–Trinajstić information content (AvgIpc) is 2.33. The molecule has 3 N–H and O–H groups in total. The standard InChI is InChI=1S/C14H24FN3O2S/c1-10(2)18(11(3)4)9-8-17-21(19,20)14-12(15)6-5-7-13(14)16/h5-7,10-11,17H,8-9,16H2,1-4H3. The third-order valence-electron chi connectivity index (χ3n) is 3.25. The molecule has 0 atom stereocenters. The van der Waals surface area contributed by atoms with E-state index in [-0.39, 0.29) is 12.2 Å². The Morgan fingerprint density at radius 1 is 1.24 bits per heavy atom. The summed E-state index contributed by atoms with van der Waals surface area (Å²) in [4.78, 5) is 1.67. The third kappa shape index (κ3) is 4.66. The largest absolute Gasteiger partial charge is 0.398 e. The first-order chi connectivity index (χ1) is 9.66. The van der Waals surface area contributed by atoms with Crippen LogP contribution in [0.4, 0.5) is 10.1 Å². The topological polar surface area (TPSA) is 75.4 Å². The number of hydrogen-bond donors (Lipinski definition) is 2. The van der Waals surface area contributed by atoms with Gasteiger partial charge in [0.1, 0.15) is 10.7 Å². The van der Waals surface area contributed by atoms with Crippen LogP contribution in [0.15, 0.2) is 23.1 Å². The number of nitrogens with one attached hydrogen (secondary N) is 1. The van der Waals surface area contributed by atoms with Crippen molar-refractivity contribution in [3.63, 3.8) is 0 Å². The fraction of sp³-hybridized carbons (Fsp3) is 0.571. The highest BCUT2D eigenvalue weighted by atomic mass is 32.2. The molecule has 0 spiro atoms. The molecular formula is C14H24FN3O2S. The number of anilines is 1. The second-order valence-corrected chi connectivity index (χ2v) is 7.19. The van der Waals surface area contributed by atoms with Crippen molar-refractivity contribution < 1.29 is 12.8 Å². The number of nitrogen functional groups attached to an aromatic ring is 1. The molecule has 1 aromatic rings. The third-order valence-corrected chi connectivity index (χ3v) is 4.81. The molecule has 0 bridgehead atoms. The number of nitrogens with two attached hydrogens (primary N) is 1. The maximum Gasteiger partial charge on any atom is 0.245 e. The van der Waals surface area contributed by atoms with Crippen molar-refractivity contribution >= 4 is 15.7 Å². The smallest absolute Gasteiger partial charge is 0.245 e. The summed E-state index contributed by atoms with van der Waals surface area (Å²) in [6, 6.07) is 4.43. The lowest BCUT2D eigenvalue weighted by Crippen LogP contribution is -2.42. The van der Waals surface area contributed by atoms with Crippen LogP contribution in [0.5, 0.6) is 0 Å². The molecule has 120 valence electrons. The number of nitrogens with zero attached hydrogens (tertiary/aromatic N) is 1. The predicted molar refractivity (Wildman–Crippen MR) is 83.0 cm³/mol. The van der Waals surface area contributed by atoms with Gasteiger partial charge in [0.25, 0.3) is 0 Å². The normalized spacial score (nSPS) is 12.6. The zero-order chi connectivity index (χ0) is 16.2. The number of hydrogen-bond acceptors (Lipinski definition) is 4. The minimum atomic E-state index is -3.95. The van der Waals surface area contributed by atoms with E-state index in [0.717, 1.165) is 6.07 Å². The van der Waals surface area contributed by atoms with Crippen LogP contribution in [-0.2, 0) is 10.0 Å². The summed E-state index contributed by atoms with van der Waals surface area (Å²) in [6.07, 6.45) is 0. The zero-order valence-corrected chi connectivity index (χ0v) is 13.7. The summed E-state index contributed by atoms with van der Waals surface area (Å²) in [6.45, 7) is 8.93. The van der Waals surface area contributed by atoms with Gasteiger partial charge in [-0.1, -0.05) is 6.07 Å². The van der Waals surface area contributed by atoms with Crippen molar-refractivity contribution in [1.82, 2.24) is 9.62 Å². The first-order valence-electron chi connectivity index (χ1n) is 6.96. The predicted octanol–water partition coefficient (Wildman–Crippen LogP) is 1.81. The maximum atomic E-state index is 13.7. The zero-order valence-electron chi connectivity index (χ0n) is 12.9. The van der Waals surface area contributed by atoms with Gasteiger partial charge >= 0.3 is 0 Å². The van der Waals surface area contributed by atoms with Crippen molar-refractivity contribution in [2.75, 3.05) is 18.8 Å². The number of benzene rings is 1. The number of halogens is 1. The van der Waals surface area contributed by atoms with Crippen LogP contribution in [-0.4, -0.2) is 38.5 Å².